The Morgan fingerprint density at radius 3 is 2.38 bits per heavy atom. The van der Waals surface area contributed by atoms with Gasteiger partial charge in [0.1, 0.15) is 0 Å². The average molecular weight is 348 g/mol. The van der Waals surface area contributed by atoms with Gasteiger partial charge in [0, 0.05) is 35.8 Å². The Morgan fingerprint density at radius 2 is 1.81 bits per heavy atom. The Balaban J connectivity index is 1.70. The lowest BCUT2D eigenvalue weighted by Crippen LogP contribution is -2.36. The van der Waals surface area contributed by atoms with E-state index in [1.807, 2.05) is 6.20 Å². The van der Waals surface area contributed by atoms with E-state index in [1.54, 1.807) is 18.6 Å². The number of aromatic nitrogens is 3. The number of hydrogen-bond acceptors (Lipinski definition) is 5. The molecule has 0 amide bonds. The van der Waals surface area contributed by atoms with Crippen LogP contribution in [0.4, 0.5) is 5.95 Å². The van der Waals surface area contributed by atoms with E-state index in [4.69, 9.17) is 10.5 Å². The Labute approximate surface area is 151 Å². The number of carbonyl (C=O) groups excluding carboxylic acids is 1. The number of nitrogens with two attached hydrogens (primary N) is 1. The highest BCUT2D eigenvalue weighted by Crippen LogP contribution is 2.50. The molecule has 0 unspecified atom stereocenters. The highest BCUT2D eigenvalue weighted by Gasteiger charge is 2.43. The van der Waals surface area contributed by atoms with Crippen LogP contribution < -0.4 is 5.73 Å². The molecule has 0 radical (unpaired) electrons. The van der Waals surface area contributed by atoms with Crippen LogP contribution in [0.1, 0.15) is 40.7 Å². The molecule has 132 valence electrons. The Kier molecular flexibility index (Phi) is 3.95. The second kappa shape index (κ2) is 6.29. The van der Waals surface area contributed by atoms with Gasteiger partial charge in [-0.15, -0.1) is 0 Å². The summed E-state index contributed by atoms with van der Waals surface area (Å²) in [6.07, 6.45) is 10.3. The summed E-state index contributed by atoms with van der Waals surface area (Å²) in [7, 11) is 1.41. The molecule has 6 heteroatoms. The van der Waals surface area contributed by atoms with Crippen LogP contribution in [0.25, 0.3) is 11.1 Å². The van der Waals surface area contributed by atoms with Crippen molar-refractivity contribution in [2.24, 2.45) is 0 Å². The molecule has 1 aliphatic rings. The van der Waals surface area contributed by atoms with Gasteiger partial charge in [-0.2, -0.15) is 0 Å². The number of benzene rings is 1. The zero-order valence-electron chi connectivity index (χ0n) is 14.5. The molecule has 0 saturated heterocycles. The molecular weight excluding hydrogens is 328 g/mol. The number of nitrogens with zero attached hydrogens (tertiary/aromatic N) is 2. The van der Waals surface area contributed by atoms with E-state index < -0.39 is 0 Å². The molecule has 0 aliphatic heterocycles. The van der Waals surface area contributed by atoms with Crippen LogP contribution in [0, 0.1) is 0 Å². The fraction of sp³-hybridized carbons (Fsp3) is 0.250. The van der Waals surface area contributed by atoms with E-state index in [9.17, 15) is 4.79 Å². The third-order valence-electron chi connectivity index (χ3n) is 5.32. The second-order valence-electron chi connectivity index (χ2n) is 6.62. The average Bonchev–Trinajstić information content (AvgIpc) is 3.11. The molecule has 1 aliphatic carbocycles. The number of H-pyrrole nitrogens is 1. The van der Waals surface area contributed by atoms with E-state index in [-0.39, 0.29) is 17.3 Å². The number of anilines is 1. The number of hydrogen-bond donors (Lipinski definition) is 2. The van der Waals surface area contributed by atoms with Crippen LogP contribution in [0.3, 0.4) is 0 Å². The maximum absolute atomic E-state index is 12.1. The first-order valence-electron chi connectivity index (χ1n) is 8.58. The van der Waals surface area contributed by atoms with Crippen LogP contribution >= 0.6 is 0 Å². The van der Waals surface area contributed by atoms with Gasteiger partial charge in [0.2, 0.25) is 5.95 Å². The number of ether oxygens (including phenoxy) is 1. The summed E-state index contributed by atoms with van der Waals surface area (Å²) >= 11 is 0. The van der Waals surface area contributed by atoms with Gasteiger partial charge in [-0.3, -0.25) is 0 Å². The van der Waals surface area contributed by atoms with E-state index >= 15 is 0 Å². The molecule has 1 fully saturated rings. The van der Waals surface area contributed by atoms with Crippen molar-refractivity contribution < 1.29 is 9.53 Å². The minimum absolute atomic E-state index is 0.139. The van der Waals surface area contributed by atoms with Gasteiger partial charge in [0.05, 0.1) is 12.7 Å². The lowest BCUT2D eigenvalue weighted by atomic mass is 9.60. The molecule has 2 heterocycles. The quantitative estimate of drug-likeness (QED) is 0.706. The summed E-state index contributed by atoms with van der Waals surface area (Å²) in [4.78, 5) is 23.3. The molecule has 26 heavy (non-hydrogen) atoms. The van der Waals surface area contributed by atoms with Crippen molar-refractivity contribution in [2.45, 2.75) is 24.7 Å². The fourth-order valence-corrected chi connectivity index (χ4v) is 3.75. The van der Waals surface area contributed by atoms with Crippen molar-refractivity contribution in [1.82, 2.24) is 15.0 Å². The smallest absolute Gasteiger partial charge is 0.339 e. The van der Waals surface area contributed by atoms with Crippen molar-refractivity contribution in [1.29, 1.82) is 0 Å². The highest BCUT2D eigenvalue weighted by atomic mass is 16.5. The minimum Gasteiger partial charge on any atom is -0.465 e. The minimum atomic E-state index is -0.303. The van der Waals surface area contributed by atoms with Crippen LogP contribution in [0.5, 0.6) is 0 Å². The Morgan fingerprint density at radius 1 is 1.12 bits per heavy atom. The molecular formula is C20H20N4O2. The predicted molar refractivity (Wildman–Crippen MR) is 98.6 cm³/mol. The molecule has 3 N–H and O–H groups in total. The fourth-order valence-electron chi connectivity index (χ4n) is 3.75. The molecule has 0 atom stereocenters. The van der Waals surface area contributed by atoms with Crippen molar-refractivity contribution in [2.75, 3.05) is 12.8 Å². The number of nitrogen functional groups attached to an aromatic ring is 1. The molecule has 4 rings (SSSR count). The summed E-state index contributed by atoms with van der Waals surface area (Å²) in [5.74, 6) is -0.0373. The molecule has 0 bridgehead atoms. The summed E-state index contributed by atoms with van der Waals surface area (Å²) in [5, 5.41) is 0. The predicted octanol–water partition coefficient (Wildman–Crippen LogP) is 3.31. The summed E-state index contributed by atoms with van der Waals surface area (Å²) < 4.78 is 4.94. The van der Waals surface area contributed by atoms with Gasteiger partial charge in [-0.1, -0.05) is 30.7 Å². The number of nitrogens with one attached hydrogen (secondary N) is 1. The van der Waals surface area contributed by atoms with Gasteiger partial charge in [0.15, 0.2) is 0 Å². The van der Waals surface area contributed by atoms with Crippen LogP contribution in [-0.4, -0.2) is 28.0 Å². The SMILES string of the molecule is COC(=O)c1c[nH]cc1C1(c2ccc(-c3cnc(N)nc3)cc2)CCC1. The summed E-state index contributed by atoms with van der Waals surface area (Å²) in [6, 6.07) is 8.38. The van der Waals surface area contributed by atoms with Gasteiger partial charge in [-0.25, -0.2) is 14.8 Å². The molecule has 2 aromatic heterocycles. The topological polar surface area (TPSA) is 93.9 Å². The first-order valence-corrected chi connectivity index (χ1v) is 8.58. The Bertz CT molecular complexity index is 925. The zero-order valence-corrected chi connectivity index (χ0v) is 14.5. The molecule has 1 aromatic carbocycles. The third-order valence-corrected chi connectivity index (χ3v) is 5.32. The van der Waals surface area contributed by atoms with Crippen molar-refractivity contribution >= 4 is 11.9 Å². The Hall–Kier alpha value is -3.15. The van der Waals surface area contributed by atoms with Gasteiger partial charge in [0.25, 0.3) is 0 Å². The maximum Gasteiger partial charge on any atom is 0.339 e. The first kappa shape index (κ1) is 16.3. The summed E-state index contributed by atoms with van der Waals surface area (Å²) in [5.41, 5.74) is 10.2. The van der Waals surface area contributed by atoms with Crippen LogP contribution in [-0.2, 0) is 10.2 Å². The van der Waals surface area contributed by atoms with Gasteiger partial charge >= 0.3 is 5.97 Å². The number of esters is 1. The number of aromatic amines is 1. The molecule has 0 spiro atoms. The summed E-state index contributed by atoms with van der Waals surface area (Å²) in [6.45, 7) is 0. The van der Waals surface area contributed by atoms with E-state index in [1.165, 1.54) is 12.7 Å². The monoisotopic (exact) mass is 348 g/mol. The van der Waals surface area contributed by atoms with Crippen molar-refractivity contribution in [3.8, 4) is 11.1 Å². The van der Waals surface area contributed by atoms with Gasteiger partial charge < -0.3 is 15.5 Å². The second-order valence-corrected chi connectivity index (χ2v) is 6.62. The lowest BCUT2D eigenvalue weighted by molar-refractivity contribution is 0.0597. The number of carbonyl (C=O) groups is 1. The zero-order chi connectivity index (χ0) is 18.1. The van der Waals surface area contributed by atoms with Crippen molar-refractivity contribution in [3.63, 3.8) is 0 Å². The van der Waals surface area contributed by atoms with Crippen LogP contribution in [0.2, 0.25) is 0 Å². The lowest BCUT2D eigenvalue weighted by Gasteiger charge is -2.43. The third kappa shape index (κ3) is 2.54. The molecule has 3 aromatic rings. The molecule has 6 nitrogen and oxygen atoms in total. The maximum atomic E-state index is 12.1. The largest absolute Gasteiger partial charge is 0.465 e. The van der Waals surface area contributed by atoms with E-state index in [0.29, 0.717) is 5.56 Å². The van der Waals surface area contributed by atoms with Crippen LogP contribution in [0.15, 0.2) is 49.1 Å². The molecule has 1 saturated carbocycles. The first-order chi connectivity index (χ1) is 12.6. The van der Waals surface area contributed by atoms with E-state index in [0.717, 1.165) is 36.0 Å². The van der Waals surface area contributed by atoms with Crippen molar-refractivity contribution in [3.05, 3.63) is 65.7 Å². The highest BCUT2D eigenvalue weighted by molar-refractivity contribution is 5.91. The standard InChI is InChI=1S/C20H20N4O2/c1-26-18(25)16-11-22-12-17(16)20(7-2-8-20)15-5-3-13(4-6-15)14-9-23-19(21)24-10-14/h3-6,9-12,22H,2,7-8H2,1H3,(H2,21,23,24). The number of rotatable bonds is 4. The normalized spacial score (nSPS) is 15.3. The van der Waals surface area contributed by atoms with E-state index in [2.05, 4.69) is 39.2 Å². The number of methoxy groups -OCH3 is 1. The van der Waals surface area contributed by atoms with Gasteiger partial charge in [-0.05, 0) is 29.5 Å².